The van der Waals surface area contributed by atoms with Crippen LogP contribution < -0.4 is 5.32 Å². The number of benzene rings is 1. The molecule has 1 aliphatic rings. The van der Waals surface area contributed by atoms with Crippen LogP contribution in [0.2, 0.25) is 0 Å². The molecule has 1 fully saturated rings. The highest BCUT2D eigenvalue weighted by Gasteiger charge is 2.29. The van der Waals surface area contributed by atoms with Crippen molar-refractivity contribution in [2.45, 2.75) is 26.8 Å². The Morgan fingerprint density at radius 2 is 1.89 bits per heavy atom. The molecular formula is C21H24N4O3. The number of rotatable bonds is 4. The van der Waals surface area contributed by atoms with Crippen LogP contribution in [0, 0.1) is 25.2 Å². The molecule has 2 amide bonds. The minimum absolute atomic E-state index is 0.0283. The van der Waals surface area contributed by atoms with Gasteiger partial charge in [-0.1, -0.05) is 6.07 Å². The van der Waals surface area contributed by atoms with Crippen molar-refractivity contribution in [2.24, 2.45) is 0 Å². The molecule has 7 nitrogen and oxygen atoms in total. The predicted molar refractivity (Wildman–Crippen MR) is 105 cm³/mol. The number of nitrogens with zero attached hydrogens (tertiary/aromatic N) is 3. The molecule has 146 valence electrons. The summed E-state index contributed by atoms with van der Waals surface area (Å²) >= 11 is 0. The number of carbonyl (C=O) groups excluding carboxylic acids is 2. The maximum atomic E-state index is 12.7. The summed E-state index contributed by atoms with van der Waals surface area (Å²) in [5, 5.41) is 11.8. The fraction of sp³-hybridized carbons (Fsp3) is 0.381. The van der Waals surface area contributed by atoms with E-state index < -0.39 is 0 Å². The number of anilines is 1. The Hall–Kier alpha value is -3.11. The average Bonchev–Trinajstić information content (AvgIpc) is 3.05. The van der Waals surface area contributed by atoms with Crippen molar-refractivity contribution >= 4 is 17.5 Å². The van der Waals surface area contributed by atoms with Crippen molar-refractivity contribution in [1.29, 1.82) is 5.26 Å². The van der Waals surface area contributed by atoms with Crippen LogP contribution in [0.15, 0.2) is 34.7 Å². The lowest BCUT2D eigenvalue weighted by molar-refractivity contribution is -0.121. The highest BCUT2D eigenvalue weighted by Crippen LogP contribution is 2.18. The summed E-state index contributed by atoms with van der Waals surface area (Å²) in [4.78, 5) is 29.1. The molecule has 2 heterocycles. The molecule has 0 spiro atoms. The van der Waals surface area contributed by atoms with Crippen molar-refractivity contribution in [2.75, 3.05) is 31.5 Å². The first kappa shape index (κ1) is 19.6. The monoisotopic (exact) mass is 380 g/mol. The van der Waals surface area contributed by atoms with Gasteiger partial charge < -0.3 is 14.6 Å². The smallest absolute Gasteiger partial charge is 0.257 e. The number of nitriles is 1. The van der Waals surface area contributed by atoms with E-state index in [0.29, 0.717) is 48.8 Å². The van der Waals surface area contributed by atoms with E-state index in [1.807, 2.05) is 13.8 Å². The van der Waals surface area contributed by atoms with E-state index in [-0.39, 0.29) is 17.9 Å². The molecule has 1 aromatic heterocycles. The maximum absolute atomic E-state index is 12.7. The van der Waals surface area contributed by atoms with Crippen LogP contribution in [0.3, 0.4) is 0 Å². The lowest BCUT2D eigenvalue weighted by Crippen LogP contribution is -2.54. The molecule has 0 saturated carbocycles. The van der Waals surface area contributed by atoms with Crippen molar-refractivity contribution in [3.05, 3.63) is 53.0 Å². The van der Waals surface area contributed by atoms with E-state index in [0.717, 1.165) is 5.76 Å². The second kappa shape index (κ2) is 8.28. The first-order chi connectivity index (χ1) is 13.4. The van der Waals surface area contributed by atoms with Crippen LogP contribution in [0.25, 0.3) is 0 Å². The molecule has 2 aromatic rings. The summed E-state index contributed by atoms with van der Waals surface area (Å²) in [6.07, 6.45) is 0. The topological polar surface area (TPSA) is 89.6 Å². The minimum Gasteiger partial charge on any atom is -0.466 e. The van der Waals surface area contributed by atoms with Crippen LogP contribution in [-0.4, -0.2) is 53.8 Å². The van der Waals surface area contributed by atoms with Crippen LogP contribution in [0.4, 0.5) is 5.69 Å². The van der Waals surface area contributed by atoms with Gasteiger partial charge in [-0.05, 0) is 45.0 Å². The molecule has 0 bridgehead atoms. The lowest BCUT2D eigenvalue weighted by Gasteiger charge is -2.37. The summed E-state index contributed by atoms with van der Waals surface area (Å²) in [6.45, 7) is 7.83. The Bertz CT molecular complexity index is 920. The van der Waals surface area contributed by atoms with Gasteiger partial charge in [0.2, 0.25) is 5.91 Å². The van der Waals surface area contributed by atoms with Gasteiger partial charge >= 0.3 is 0 Å². The third-order valence-corrected chi connectivity index (χ3v) is 5.06. The molecule has 28 heavy (non-hydrogen) atoms. The van der Waals surface area contributed by atoms with Gasteiger partial charge in [0.15, 0.2) is 0 Å². The lowest BCUT2D eigenvalue weighted by atomic mass is 10.1. The van der Waals surface area contributed by atoms with Gasteiger partial charge in [-0.15, -0.1) is 0 Å². The molecule has 1 saturated heterocycles. The van der Waals surface area contributed by atoms with Gasteiger partial charge in [0.25, 0.3) is 5.91 Å². The normalized spacial score (nSPS) is 15.7. The van der Waals surface area contributed by atoms with Gasteiger partial charge in [-0.2, -0.15) is 5.26 Å². The third kappa shape index (κ3) is 4.24. The summed E-state index contributed by atoms with van der Waals surface area (Å²) in [7, 11) is 0. The van der Waals surface area contributed by atoms with E-state index in [1.165, 1.54) is 0 Å². The van der Waals surface area contributed by atoms with Crippen molar-refractivity contribution in [1.82, 2.24) is 9.80 Å². The first-order valence-electron chi connectivity index (χ1n) is 9.30. The van der Waals surface area contributed by atoms with Gasteiger partial charge in [-0.3, -0.25) is 14.5 Å². The second-order valence-electron chi connectivity index (χ2n) is 7.01. The quantitative estimate of drug-likeness (QED) is 0.880. The van der Waals surface area contributed by atoms with Crippen LogP contribution in [-0.2, 0) is 4.79 Å². The standard InChI is InChI=1S/C21H24N4O3/c1-14-11-19(16(3)28-14)21(27)25-9-7-24(8-10-25)15(2)20(26)23-18-6-4-5-17(12-18)13-22/h4-6,11-12,15H,7-10H2,1-3H3,(H,23,26)/t15-/m0/s1. The summed E-state index contributed by atoms with van der Waals surface area (Å²) in [5.74, 6) is 1.21. The van der Waals surface area contributed by atoms with E-state index in [9.17, 15) is 9.59 Å². The molecule has 0 unspecified atom stereocenters. The van der Waals surface area contributed by atoms with Crippen molar-refractivity contribution < 1.29 is 14.0 Å². The Labute approximate surface area is 164 Å². The van der Waals surface area contributed by atoms with Crippen molar-refractivity contribution in [3.63, 3.8) is 0 Å². The zero-order valence-electron chi connectivity index (χ0n) is 16.4. The molecule has 1 aliphatic heterocycles. The maximum Gasteiger partial charge on any atom is 0.257 e. The zero-order valence-corrected chi connectivity index (χ0v) is 16.4. The number of aryl methyl sites for hydroxylation is 2. The molecule has 1 N–H and O–H groups in total. The van der Waals surface area contributed by atoms with Crippen LogP contribution in [0.1, 0.15) is 34.4 Å². The molecule has 1 atom stereocenters. The van der Waals surface area contributed by atoms with Crippen LogP contribution in [0.5, 0.6) is 0 Å². The van der Waals surface area contributed by atoms with Gasteiger partial charge in [0.1, 0.15) is 11.5 Å². The van der Waals surface area contributed by atoms with Crippen LogP contribution >= 0.6 is 0 Å². The SMILES string of the molecule is Cc1cc(C(=O)N2CCN([C@@H](C)C(=O)Nc3cccc(C#N)c3)CC2)c(C)o1. The Morgan fingerprint density at radius 1 is 1.18 bits per heavy atom. The average molecular weight is 380 g/mol. The van der Waals surface area contributed by atoms with Crippen molar-refractivity contribution in [3.8, 4) is 6.07 Å². The number of piperazine rings is 1. The minimum atomic E-state index is -0.333. The molecule has 0 aliphatic carbocycles. The number of hydrogen-bond donors (Lipinski definition) is 1. The summed E-state index contributed by atoms with van der Waals surface area (Å²) < 4.78 is 5.46. The Morgan fingerprint density at radius 3 is 2.50 bits per heavy atom. The Balaban J connectivity index is 1.56. The van der Waals surface area contributed by atoms with E-state index in [1.54, 1.807) is 42.2 Å². The fourth-order valence-corrected chi connectivity index (χ4v) is 3.40. The van der Waals surface area contributed by atoms with Gasteiger partial charge in [-0.25, -0.2) is 0 Å². The summed E-state index contributed by atoms with van der Waals surface area (Å²) in [5.41, 5.74) is 1.71. The number of nitrogens with one attached hydrogen (secondary N) is 1. The zero-order chi connectivity index (χ0) is 20.3. The first-order valence-corrected chi connectivity index (χ1v) is 9.30. The summed E-state index contributed by atoms with van der Waals surface area (Å²) in [6, 6.07) is 10.3. The number of hydrogen-bond acceptors (Lipinski definition) is 5. The number of furan rings is 1. The van der Waals surface area contributed by atoms with Gasteiger partial charge in [0.05, 0.1) is 23.2 Å². The third-order valence-electron chi connectivity index (χ3n) is 5.06. The van der Waals surface area contributed by atoms with E-state index >= 15 is 0 Å². The van der Waals surface area contributed by atoms with Gasteiger partial charge in [0, 0.05) is 31.9 Å². The molecular weight excluding hydrogens is 356 g/mol. The largest absolute Gasteiger partial charge is 0.466 e. The second-order valence-corrected chi connectivity index (χ2v) is 7.01. The molecule has 3 rings (SSSR count). The predicted octanol–water partition coefficient (Wildman–Crippen LogP) is 2.55. The molecule has 0 radical (unpaired) electrons. The molecule has 7 heteroatoms. The highest BCUT2D eigenvalue weighted by atomic mass is 16.3. The highest BCUT2D eigenvalue weighted by molar-refractivity contribution is 5.96. The molecule has 1 aromatic carbocycles. The Kier molecular flexibility index (Phi) is 5.81. The van der Waals surface area contributed by atoms with E-state index in [4.69, 9.17) is 9.68 Å². The number of carbonyl (C=O) groups is 2. The van der Waals surface area contributed by atoms with E-state index in [2.05, 4.69) is 16.3 Å². The fourth-order valence-electron chi connectivity index (χ4n) is 3.40. The number of amides is 2.